The molecule has 1 amide bonds. The molecule has 0 radical (unpaired) electrons. The molecule has 0 bridgehead atoms. The molecule has 9 heteroatoms. The van der Waals surface area contributed by atoms with E-state index >= 15 is 0 Å². The molecule has 0 saturated carbocycles. The number of sulfonamides is 1. The van der Waals surface area contributed by atoms with Gasteiger partial charge in [0.15, 0.2) is 0 Å². The van der Waals surface area contributed by atoms with Crippen molar-refractivity contribution in [1.82, 2.24) is 14.9 Å². The Morgan fingerprint density at radius 3 is 2.77 bits per heavy atom. The van der Waals surface area contributed by atoms with Gasteiger partial charge in [-0.1, -0.05) is 0 Å². The Kier molecular flexibility index (Phi) is 7.50. The van der Waals surface area contributed by atoms with Crippen LogP contribution in [0.1, 0.15) is 37.5 Å². The van der Waals surface area contributed by atoms with E-state index in [2.05, 4.69) is 17.6 Å². The zero-order valence-electron chi connectivity index (χ0n) is 15.2. The zero-order valence-corrected chi connectivity index (χ0v) is 17.7. The third kappa shape index (κ3) is 4.98. The Balaban J connectivity index is 0.00000243. The number of nitrogens with one attached hydrogen (secondary N) is 2. The molecular weight excluding hydrogens is 394 g/mol. The van der Waals surface area contributed by atoms with Gasteiger partial charge in [-0.2, -0.15) is 4.31 Å². The highest BCUT2D eigenvalue weighted by atomic mass is 35.5. The van der Waals surface area contributed by atoms with E-state index < -0.39 is 10.0 Å². The Bertz CT molecular complexity index is 723. The number of hydrogen-bond donors (Lipinski definition) is 2. The first-order valence-electron chi connectivity index (χ1n) is 8.96. The number of thiophene rings is 1. The van der Waals surface area contributed by atoms with Crippen molar-refractivity contribution in [2.75, 3.05) is 19.6 Å². The molecule has 6 nitrogen and oxygen atoms in total. The number of amides is 1. The van der Waals surface area contributed by atoms with E-state index in [0.717, 1.165) is 37.1 Å². The number of rotatable bonds is 4. The molecule has 0 aromatic carbocycles. The van der Waals surface area contributed by atoms with Crippen molar-refractivity contribution in [3.05, 3.63) is 17.0 Å². The summed E-state index contributed by atoms with van der Waals surface area (Å²) >= 11 is 1.29. The van der Waals surface area contributed by atoms with Crippen molar-refractivity contribution in [1.29, 1.82) is 0 Å². The molecule has 3 rings (SSSR count). The Labute approximate surface area is 166 Å². The van der Waals surface area contributed by atoms with E-state index in [9.17, 15) is 13.2 Å². The van der Waals surface area contributed by atoms with E-state index in [1.165, 1.54) is 15.6 Å². The van der Waals surface area contributed by atoms with Crippen LogP contribution in [-0.4, -0.2) is 50.3 Å². The van der Waals surface area contributed by atoms with E-state index in [0.29, 0.717) is 16.8 Å². The molecule has 2 aliphatic heterocycles. The fraction of sp³-hybridized carbons (Fsp3) is 0.706. The lowest BCUT2D eigenvalue weighted by atomic mass is 9.96. The fourth-order valence-electron chi connectivity index (χ4n) is 3.63. The normalized spacial score (nSPS) is 27.5. The highest BCUT2D eigenvalue weighted by molar-refractivity contribution is 7.91. The van der Waals surface area contributed by atoms with Gasteiger partial charge >= 0.3 is 0 Å². The van der Waals surface area contributed by atoms with Crippen LogP contribution in [0.5, 0.6) is 0 Å². The first-order chi connectivity index (χ1) is 11.9. The van der Waals surface area contributed by atoms with Crippen LogP contribution in [0.25, 0.3) is 0 Å². The van der Waals surface area contributed by atoms with Crippen molar-refractivity contribution in [2.24, 2.45) is 5.92 Å². The Hall–Kier alpha value is -0.670. The van der Waals surface area contributed by atoms with E-state index in [1.54, 1.807) is 6.07 Å². The Morgan fingerprint density at radius 2 is 2.12 bits per heavy atom. The monoisotopic (exact) mass is 421 g/mol. The van der Waals surface area contributed by atoms with E-state index in [4.69, 9.17) is 0 Å². The highest BCUT2D eigenvalue weighted by Crippen LogP contribution is 2.28. The van der Waals surface area contributed by atoms with E-state index in [1.807, 2.05) is 13.0 Å². The van der Waals surface area contributed by atoms with Crippen LogP contribution in [0.3, 0.4) is 0 Å². The van der Waals surface area contributed by atoms with Gasteiger partial charge in [-0.25, -0.2) is 8.42 Å². The van der Waals surface area contributed by atoms with Gasteiger partial charge in [-0.05, 0) is 58.2 Å². The molecule has 3 atom stereocenters. The first-order valence-corrected chi connectivity index (χ1v) is 11.2. The predicted molar refractivity (Wildman–Crippen MR) is 106 cm³/mol. The predicted octanol–water partition coefficient (Wildman–Crippen LogP) is 2.14. The number of hydrogen-bond acceptors (Lipinski definition) is 5. The molecule has 2 aliphatic rings. The smallest absolute Gasteiger partial charge is 0.252 e. The minimum Gasteiger partial charge on any atom is -0.353 e. The number of nitrogens with zero attached hydrogens (tertiary/aromatic N) is 1. The average Bonchev–Trinajstić information content (AvgIpc) is 3.02. The zero-order chi connectivity index (χ0) is 18.0. The molecule has 2 saturated heterocycles. The maximum absolute atomic E-state index is 12.8. The van der Waals surface area contributed by atoms with Crippen LogP contribution >= 0.6 is 23.7 Å². The lowest BCUT2D eigenvalue weighted by Gasteiger charge is -2.33. The maximum Gasteiger partial charge on any atom is 0.252 e. The van der Waals surface area contributed by atoms with Gasteiger partial charge < -0.3 is 10.6 Å². The second kappa shape index (κ2) is 9.01. The third-order valence-corrected chi connectivity index (χ3v) is 8.37. The average molecular weight is 422 g/mol. The summed E-state index contributed by atoms with van der Waals surface area (Å²) in [4.78, 5) is 13.6. The number of piperidine rings is 2. The highest BCUT2D eigenvalue weighted by Gasteiger charge is 2.34. The van der Waals surface area contributed by atoms with Crippen LogP contribution in [-0.2, 0) is 14.8 Å². The third-order valence-electron chi connectivity index (χ3n) is 5.03. The second-order valence-corrected chi connectivity index (χ2v) is 10.6. The van der Waals surface area contributed by atoms with Gasteiger partial charge in [0.25, 0.3) is 10.0 Å². The topological polar surface area (TPSA) is 78.5 Å². The number of aryl methyl sites for hydroxylation is 1. The summed E-state index contributed by atoms with van der Waals surface area (Å²) in [5.41, 5.74) is 0. The van der Waals surface area contributed by atoms with Gasteiger partial charge in [0.2, 0.25) is 5.91 Å². The SMILES string of the molecule is Cc1ccc(S(=O)(=O)N2CCCC(C(=O)NC3CCNC(C)C3)C2)s1.Cl. The minimum absolute atomic E-state index is 0. The molecule has 148 valence electrons. The quantitative estimate of drug-likeness (QED) is 0.780. The first kappa shape index (κ1) is 21.6. The van der Waals surface area contributed by atoms with Crippen molar-refractivity contribution >= 4 is 39.7 Å². The van der Waals surface area contributed by atoms with Crippen LogP contribution in [0, 0.1) is 12.8 Å². The summed E-state index contributed by atoms with van der Waals surface area (Å²) in [6.45, 7) is 5.71. The second-order valence-electron chi connectivity index (χ2n) is 7.15. The molecule has 26 heavy (non-hydrogen) atoms. The summed E-state index contributed by atoms with van der Waals surface area (Å²) in [7, 11) is -3.49. The van der Waals surface area contributed by atoms with E-state index in [-0.39, 0.29) is 36.8 Å². The standard InChI is InChI=1S/C17H27N3O3S2.ClH/c1-12-10-15(7-8-18-12)19-17(21)14-4-3-9-20(11-14)25(22,23)16-6-5-13(2)24-16;/h5-6,12,14-15,18H,3-4,7-11H2,1-2H3,(H,19,21);1H. The summed E-state index contributed by atoms with van der Waals surface area (Å²) < 4.78 is 27.5. The van der Waals surface area contributed by atoms with Crippen LogP contribution < -0.4 is 10.6 Å². The summed E-state index contributed by atoms with van der Waals surface area (Å²) in [5, 5.41) is 6.51. The van der Waals surface area contributed by atoms with Crippen molar-refractivity contribution < 1.29 is 13.2 Å². The number of carbonyl (C=O) groups is 1. The number of halogens is 1. The van der Waals surface area contributed by atoms with Gasteiger partial charge in [-0.15, -0.1) is 23.7 Å². The number of carbonyl (C=O) groups excluding carboxylic acids is 1. The fourth-order valence-corrected chi connectivity index (χ4v) is 6.60. The van der Waals surface area contributed by atoms with Crippen molar-refractivity contribution in [2.45, 2.75) is 55.8 Å². The van der Waals surface area contributed by atoms with Crippen LogP contribution in [0.15, 0.2) is 16.3 Å². The van der Waals surface area contributed by atoms with Gasteiger partial charge in [0.1, 0.15) is 4.21 Å². The molecule has 3 unspecified atom stereocenters. The molecule has 2 N–H and O–H groups in total. The largest absolute Gasteiger partial charge is 0.353 e. The van der Waals surface area contributed by atoms with Crippen molar-refractivity contribution in [3.63, 3.8) is 0 Å². The van der Waals surface area contributed by atoms with Gasteiger partial charge in [0.05, 0.1) is 5.92 Å². The summed E-state index contributed by atoms with van der Waals surface area (Å²) in [5.74, 6) is -0.254. The molecule has 2 fully saturated rings. The maximum atomic E-state index is 12.8. The van der Waals surface area contributed by atoms with Gasteiger partial charge in [-0.3, -0.25) is 4.79 Å². The van der Waals surface area contributed by atoms with Crippen LogP contribution in [0.4, 0.5) is 0 Å². The molecule has 1 aromatic rings. The van der Waals surface area contributed by atoms with Crippen LogP contribution in [0.2, 0.25) is 0 Å². The summed E-state index contributed by atoms with van der Waals surface area (Å²) in [6, 6.07) is 4.08. The molecule has 3 heterocycles. The molecule has 0 spiro atoms. The lowest BCUT2D eigenvalue weighted by molar-refractivity contribution is -0.127. The Morgan fingerprint density at radius 1 is 1.35 bits per heavy atom. The minimum atomic E-state index is -3.49. The van der Waals surface area contributed by atoms with Crippen molar-refractivity contribution in [3.8, 4) is 0 Å². The van der Waals surface area contributed by atoms with Gasteiger partial charge in [0, 0.05) is 30.1 Å². The lowest BCUT2D eigenvalue weighted by Crippen LogP contribution is -2.51. The summed E-state index contributed by atoms with van der Waals surface area (Å²) in [6.07, 6.45) is 3.33. The molecule has 1 aromatic heterocycles. The molecular formula is C17H28ClN3O3S2. The molecule has 0 aliphatic carbocycles.